The van der Waals surface area contributed by atoms with Gasteiger partial charge in [0.1, 0.15) is 10.7 Å². The summed E-state index contributed by atoms with van der Waals surface area (Å²) >= 11 is 1.51. The van der Waals surface area contributed by atoms with Crippen molar-refractivity contribution in [3.63, 3.8) is 0 Å². The van der Waals surface area contributed by atoms with Crippen LogP contribution < -0.4 is 5.73 Å². The molecule has 0 unspecified atom stereocenters. The van der Waals surface area contributed by atoms with Crippen molar-refractivity contribution in [2.24, 2.45) is 5.73 Å². The minimum atomic E-state index is 0.0235. The lowest BCUT2D eigenvalue weighted by molar-refractivity contribution is 0.0709. The maximum absolute atomic E-state index is 12.4. The number of benzene rings is 1. The van der Waals surface area contributed by atoms with E-state index in [0.29, 0.717) is 5.69 Å². The summed E-state index contributed by atoms with van der Waals surface area (Å²) in [5.41, 5.74) is 7.46. The summed E-state index contributed by atoms with van der Waals surface area (Å²) in [6.07, 6.45) is 1.75. The monoisotopic (exact) mass is 287 g/mol. The van der Waals surface area contributed by atoms with E-state index >= 15 is 0 Å². The smallest absolute Gasteiger partial charge is 0.273 e. The predicted octanol–water partition coefficient (Wildman–Crippen LogP) is 2.37. The SMILES string of the molecule is NC1CCN(C(=O)c2csc(-c3ccccc3)n2)CC1. The highest BCUT2D eigenvalue weighted by Gasteiger charge is 2.23. The third kappa shape index (κ3) is 2.73. The molecule has 0 aliphatic carbocycles. The van der Waals surface area contributed by atoms with Crippen LogP contribution in [0.4, 0.5) is 0 Å². The molecular weight excluding hydrogens is 270 g/mol. The molecule has 20 heavy (non-hydrogen) atoms. The van der Waals surface area contributed by atoms with Crippen molar-refractivity contribution in [1.29, 1.82) is 0 Å². The van der Waals surface area contributed by atoms with Gasteiger partial charge >= 0.3 is 0 Å². The second-order valence-corrected chi connectivity index (χ2v) is 5.89. The molecule has 2 N–H and O–H groups in total. The average molecular weight is 287 g/mol. The summed E-state index contributed by atoms with van der Waals surface area (Å²) < 4.78 is 0. The first-order valence-electron chi connectivity index (χ1n) is 6.80. The normalized spacial score (nSPS) is 16.4. The van der Waals surface area contributed by atoms with Gasteiger partial charge in [-0.15, -0.1) is 11.3 Å². The van der Waals surface area contributed by atoms with Crippen molar-refractivity contribution in [2.45, 2.75) is 18.9 Å². The number of hydrogen-bond acceptors (Lipinski definition) is 4. The number of carbonyl (C=O) groups excluding carboxylic acids is 1. The molecule has 0 radical (unpaired) electrons. The quantitative estimate of drug-likeness (QED) is 0.922. The highest BCUT2D eigenvalue weighted by Crippen LogP contribution is 2.24. The number of carbonyl (C=O) groups is 1. The first-order valence-corrected chi connectivity index (χ1v) is 7.68. The van der Waals surface area contributed by atoms with E-state index in [1.165, 1.54) is 11.3 Å². The molecule has 1 aliphatic heterocycles. The number of aromatic nitrogens is 1. The van der Waals surface area contributed by atoms with Gasteiger partial charge in [-0.3, -0.25) is 4.79 Å². The van der Waals surface area contributed by atoms with E-state index in [9.17, 15) is 4.79 Å². The van der Waals surface area contributed by atoms with Crippen LogP contribution in [0.3, 0.4) is 0 Å². The van der Waals surface area contributed by atoms with Crippen LogP contribution in [0.2, 0.25) is 0 Å². The molecule has 2 heterocycles. The fraction of sp³-hybridized carbons (Fsp3) is 0.333. The van der Waals surface area contributed by atoms with Gasteiger partial charge in [0.25, 0.3) is 5.91 Å². The predicted molar refractivity (Wildman–Crippen MR) is 80.7 cm³/mol. The molecule has 5 heteroatoms. The minimum Gasteiger partial charge on any atom is -0.337 e. The molecule has 0 saturated carbocycles. The van der Waals surface area contributed by atoms with Gasteiger partial charge in [-0.05, 0) is 12.8 Å². The number of nitrogens with two attached hydrogens (primary N) is 1. The Morgan fingerprint density at radius 1 is 1.25 bits per heavy atom. The maximum atomic E-state index is 12.4. The summed E-state index contributed by atoms with van der Waals surface area (Å²) in [7, 11) is 0. The Balaban J connectivity index is 1.75. The average Bonchev–Trinajstić information content (AvgIpc) is 2.98. The fourth-order valence-corrected chi connectivity index (χ4v) is 3.15. The van der Waals surface area contributed by atoms with Gasteiger partial charge in [0.15, 0.2) is 0 Å². The van der Waals surface area contributed by atoms with Crippen LogP contribution in [0, 0.1) is 0 Å². The summed E-state index contributed by atoms with van der Waals surface area (Å²) in [4.78, 5) is 18.7. The van der Waals surface area contributed by atoms with Gasteiger partial charge in [0.2, 0.25) is 0 Å². The first-order chi connectivity index (χ1) is 9.74. The molecule has 1 aromatic carbocycles. The number of likely N-dealkylation sites (tertiary alicyclic amines) is 1. The van der Waals surface area contributed by atoms with Crippen LogP contribution in [-0.4, -0.2) is 34.9 Å². The number of amides is 1. The number of piperidine rings is 1. The molecular formula is C15H17N3OS. The molecule has 104 valence electrons. The lowest BCUT2D eigenvalue weighted by atomic mass is 10.1. The summed E-state index contributed by atoms with van der Waals surface area (Å²) in [6.45, 7) is 1.47. The van der Waals surface area contributed by atoms with E-state index in [0.717, 1.165) is 36.5 Å². The zero-order valence-corrected chi connectivity index (χ0v) is 12.0. The molecule has 2 aromatic rings. The molecule has 1 aromatic heterocycles. The Morgan fingerprint density at radius 2 is 1.95 bits per heavy atom. The van der Waals surface area contributed by atoms with Crippen molar-refractivity contribution in [3.05, 3.63) is 41.4 Å². The van der Waals surface area contributed by atoms with E-state index in [2.05, 4.69) is 4.98 Å². The second-order valence-electron chi connectivity index (χ2n) is 5.03. The van der Waals surface area contributed by atoms with E-state index in [-0.39, 0.29) is 11.9 Å². The lowest BCUT2D eigenvalue weighted by Crippen LogP contribution is -2.42. The molecule has 0 spiro atoms. The molecule has 4 nitrogen and oxygen atoms in total. The van der Waals surface area contributed by atoms with Crippen molar-refractivity contribution in [1.82, 2.24) is 9.88 Å². The van der Waals surface area contributed by atoms with Gasteiger partial charge in [0, 0.05) is 30.1 Å². The summed E-state index contributed by atoms with van der Waals surface area (Å²) in [5.74, 6) is 0.0235. The Bertz CT molecular complexity index is 588. The Kier molecular flexibility index (Phi) is 3.80. The van der Waals surface area contributed by atoms with E-state index < -0.39 is 0 Å². The molecule has 0 bridgehead atoms. The topological polar surface area (TPSA) is 59.2 Å². The number of thiazole rings is 1. The maximum Gasteiger partial charge on any atom is 0.273 e. The molecule has 0 atom stereocenters. The van der Waals surface area contributed by atoms with Crippen LogP contribution in [0.5, 0.6) is 0 Å². The van der Waals surface area contributed by atoms with Crippen LogP contribution in [0.25, 0.3) is 10.6 Å². The minimum absolute atomic E-state index is 0.0235. The van der Waals surface area contributed by atoms with Gasteiger partial charge in [-0.2, -0.15) is 0 Å². The Hall–Kier alpha value is -1.72. The molecule has 1 fully saturated rings. The Morgan fingerprint density at radius 3 is 2.65 bits per heavy atom. The van der Waals surface area contributed by atoms with Crippen LogP contribution in [-0.2, 0) is 0 Å². The number of rotatable bonds is 2. The van der Waals surface area contributed by atoms with Gasteiger partial charge < -0.3 is 10.6 Å². The standard InChI is InChI=1S/C15H17N3OS/c16-12-6-8-18(9-7-12)15(19)13-10-20-14(17-13)11-4-2-1-3-5-11/h1-5,10,12H,6-9,16H2. The van der Waals surface area contributed by atoms with Gasteiger partial charge in [-0.1, -0.05) is 30.3 Å². The molecule has 3 rings (SSSR count). The highest BCUT2D eigenvalue weighted by atomic mass is 32.1. The van der Waals surface area contributed by atoms with Crippen LogP contribution in [0.1, 0.15) is 23.3 Å². The molecule has 1 saturated heterocycles. The van der Waals surface area contributed by atoms with E-state index in [1.807, 2.05) is 40.6 Å². The van der Waals surface area contributed by atoms with Crippen molar-refractivity contribution in [2.75, 3.05) is 13.1 Å². The Labute approximate surface area is 122 Å². The van der Waals surface area contributed by atoms with Crippen LogP contribution >= 0.6 is 11.3 Å². The van der Waals surface area contributed by atoms with Crippen molar-refractivity contribution in [3.8, 4) is 10.6 Å². The van der Waals surface area contributed by atoms with Crippen molar-refractivity contribution < 1.29 is 4.79 Å². The zero-order chi connectivity index (χ0) is 13.9. The van der Waals surface area contributed by atoms with Crippen molar-refractivity contribution >= 4 is 17.2 Å². The fourth-order valence-electron chi connectivity index (χ4n) is 2.35. The zero-order valence-electron chi connectivity index (χ0n) is 11.2. The second kappa shape index (κ2) is 5.73. The third-order valence-corrected chi connectivity index (χ3v) is 4.46. The lowest BCUT2D eigenvalue weighted by Gasteiger charge is -2.29. The van der Waals surface area contributed by atoms with Gasteiger partial charge in [0.05, 0.1) is 0 Å². The van der Waals surface area contributed by atoms with E-state index in [1.54, 1.807) is 0 Å². The number of hydrogen-bond donors (Lipinski definition) is 1. The highest BCUT2D eigenvalue weighted by molar-refractivity contribution is 7.13. The molecule has 1 amide bonds. The molecule has 1 aliphatic rings. The summed E-state index contributed by atoms with van der Waals surface area (Å²) in [5, 5.41) is 2.74. The first kappa shape index (κ1) is 13.3. The van der Waals surface area contributed by atoms with Gasteiger partial charge in [-0.25, -0.2) is 4.98 Å². The number of nitrogens with zero attached hydrogens (tertiary/aromatic N) is 2. The summed E-state index contributed by atoms with van der Waals surface area (Å²) in [6, 6.07) is 10.2. The van der Waals surface area contributed by atoms with Crippen LogP contribution in [0.15, 0.2) is 35.7 Å². The largest absolute Gasteiger partial charge is 0.337 e. The van der Waals surface area contributed by atoms with E-state index in [4.69, 9.17) is 5.73 Å². The third-order valence-electron chi connectivity index (χ3n) is 3.57.